The zero-order chi connectivity index (χ0) is 15.0. The molecule has 0 saturated carbocycles. The van der Waals surface area contributed by atoms with Crippen LogP contribution in [-0.4, -0.2) is 20.8 Å². The Labute approximate surface area is 122 Å². The largest absolute Gasteiger partial charge is 0.494 e. The number of ether oxygens (including phenoxy) is 1. The molecule has 1 aromatic rings. The third-order valence-corrected chi connectivity index (χ3v) is 5.00. The summed E-state index contributed by atoms with van der Waals surface area (Å²) in [4.78, 5) is 0.193. The van der Waals surface area contributed by atoms with Crippen LogP contribution < -0.4 is 10.5 Å². The highest BCUT2D eigenvalue weighted by Crippen LogP contribution is 2.26. The number of hydrogen-bond donors (Lipinski definition) is 1. The van der Waals surface area contributed by atoms with Gasteiger partial charge in [-0.2, -0.15) is 0 Å². The molecule has 0 amide bonds. The van der Waals surface area contributed by atoms with Crippen molar-refractivity contribution in [2.75, 3.05) is 18.1 Å². The average Bonchev–Trinajstić information content (AvgIpc) is 2.41. The zero-order valence-electron chi connectivity index (χ0n) is 12.4. The van der Waals surface area contributed by atoms with E-state index in [1.165, 1.54) is 6.07 Å². The van der Waals surface area contributed by atoms with Gasteiger partial charge < -0.3 is 10.5 Å². The fourth-order valence-electron chi connectivity index (χ4n) is 2.05. The summed E-state index contributed by atoms with van der Waals surface area (Å²) in [6, 6.07) is 4.81. The first kappa shape index (κ1) is 16.8. The first-order valence-electron chi connectivity index (χ1n) is 7.26. The van der Waals surface area contributed by atoms with Gasteiger partial charge in [-0.15, -0.1) is 0 Å². The predicted molar refractivity (Wildman–Crippen MR) is 82.8 cm³/mol. The highest BCUT2D eigenvalue weighted by atomic mass is 32.2. The van der Waals surface area contributed by atoms with E-state index in [0.29, 0.717) is 24.5 Å². The second-order valence-corrected chi connectivity index (χ2v) is 6.94. The van der Waals surface area contributed by atoms with Crippen LogP contribution in [-0.2, 0) is 9.84 Å². The summed E-state index contributed by atoms with van der Waals surface area (Å²) in [6.45, 7) is 4.50. The normalized spacial score (nSPS) is 11.5. The zero-order valence-corrected chi connectivity index (χ0v) is 13.2. The topological polar surface area (TPSA) is 69.4 Å². The van der Waals surface area contributed by atoms with Gasteiger partial charge in [0, 0.05) is 6.07 Å². The first-order chi connectivity index (χ1) is 9.51. The van der Waals surface area contributed by atoms with Gasteiger partial charge in [-0.25, -0.2) is 8.42 Å². The number of nitrogen functional groups attached to an aromatic ring is 1. The SMILES string of the molecule is CCCCCCCS(=O)(=O)c1cc(OCC)ccc1N. The van der Waals surface area contributed by atoms with Crippen molar-refractivity contribution in [3.63, 3.8) is 0 Å². The van der Waals surface area contributed by atoms with Crippen molar-refractivity contribution in [2.45, 2.75) is 50.8 Å². The Morgan fingerprint density at radius 2 is 1.80 bits per heavy atom. The minimum Gasteiger partial charge on any atom is -0.494 e. The van der Waals surface area contributed by atoms with Crippen molar-refractivity contribution in [3.05, 3.63) is 18.2 Å². The maximum absolute atomic E-state index is 12.3. The molecule has 0 fully saturated rings. The minimum atomic E-state index is -3.32. The van der Waals surface area contributed by atoms with Crippen molar-refractivity contribution in [3.8, 4) is 5.75 Å². The molecule has 0 saturated heterocycles. The molecule has 0 unspecified atom stereocenters. The number of unbranched alkanes of at least 4 members (excludes halogenated alkanes) is 4. The molecule has 0 aliphatic heterocycles. The van der Waals surface area contributed by atoms with Crippen LogP contribution in [0, 0.1) is 0 Å². The summed E-state index contributed by atoms with van der Waals surface area (Å²) in [5.74, 6) is 0.697. The Bertz CT molecular complexity index is 512. The molecular weight excluding hydrogens is 274 g/mol. The highest BCUT2D eigenvalue weighted by Gasteiger charge is 2.18. The van der Waals surface area contributed by atoms with Gasteiger partial charge in [0.2, 0.25) is 0 Å². The molecule has 0 aliphatic rings. The van der Waals surface area contributed by atoms with E-state index < -0.39 is 9.84 Å². The Kier molecular flexibility index (Phi) is 6.85. The molecule has 0 aliphatic carbocycles. The molecule has 20 heavy (non-hydrogen) atoms. The molecule has 1 rings (SSSR count). The Balaban J connectivity index is 2.73. The summed E-state index contributed by atoms with van der Waals surface area (Å²) >= 11 is 0. The molecule has 2 N–H and O–H groups in total. The van der Waals surface area contributed by atoms with Crippen molar-refractivity contribution in [1.29, 1.82) is 0 Å². The van der Waals surface area contributed by atoms with E-state index in [4.69, 9.17) is 10.5 Å². The van der Waals surface area contributed by atoms with E-state index in [0.717, 1.165) is 25.7 Å². The fraction of sp³-hybridized carbons (Fsp3) is 0.600. The van der Waals surface area contributed by atoms with Crippen molar-refractivity contribution < 1.29 is 13.2 Å². The third-order valence-electron chi connectivity index (χ3n) is 3.15. The Hall–Kier alpha value is -1.23. The number of nitrogens with two attached hydrogens (primary N) is 1. The molecule has 4 nitrogen and oxygen atoms in total. The molecule has 114 valence electrons. The summed E-state index contributed by atoms with van der Waals surface area (Å²) in [7, 11) is -3.32. The second kappa shape index (κ2) is 8.15. The van der Waals surface area contributed by atoms with Crippen LogP contribution in [0.5, 0.6) is 5.75 Å². The quantitative estimate of drug-likeness (QED) is 0.560. The lowest BCUT2D eigenvalue weighted by Crippen LogP contribution is -2.10. The van der Waals surface area contributed by atoms with Crippen molar-refractivity contribution in [2.24, 2.45) is 0 Å². The summed E-state index contributed by atoms with van der Waals surface area (Å²) in [5, 5.41) is 0. The van der Waals surface area contributed by atoms with E-state index in [1.54, 1.807) is 12.1 Å². The van der Waals surface area contributed by atoms with Crippen LogP contribution in [0.2, 0.25) is 0 Å². The number of rotatable bonds is 9. The van der Waals surface area contributed by atoms with Crippen molar-refractivity contribution >= 4 is 15.5 Å². The molecule has 1 aromatic carbocycles. The minimum absolute atomic E-state index is 0.149. The van der Waals surface area contributed by atoms with E-state index in [-0.39, 0.29) is 10.6 Å². The van der Waals surface area contributed by atoms with Gasteiger partial charge in [0.25, 0.3) is 0 Å². The van der Waals surface area contributed by atoms with Crippen LogP contribution in [0.1, 0.15) is 46.0 Å². The monoisotopic (exact) mass is 299 g/mol. The fourth-order valence-corrected chi connectivity index (χ4v) is 3.57. The highest BCUT2D eigenvalue weighted by molar-refractivity contribution is 7.91. The lowest BCUT2D eigenvalue weighted by Gasteiger charge is -2.10. The van der Waals surface area contributed by atoms with E-state index in [2.05, 4.69) is 6.92 Å². The number of sulfone groups is 1. The van der Waals surface area contributed by atoms with Crippen LogP contribution in [0.25, 0.3) is 0 Å². The average molecular weight is 299 g/mol. The molecule has 0 spiro atoms. The van der Waals surface area contributed by atoms with Gasteiger partial charge in [-0.05, 0) is 25.5 Å². The third kappa shape index (κ3) is 5.04. The van der Waals surface area contributed by atoms with E-state index in [1.807, 2.05) is 6.92 Å². The van der Waals surface area contributed by atoms with Crippen LogP contribution in [0.3, 0.4) is 0 Å². The summed E-state index contributed by atoms with van der Waals surface area (Å²) in [5.41, 5.74) is 6.08. The van der Waals surface area contributed by atoms with Crippen LogP contribution in [0.4, 0.5) is 5.69 Å². The van der Waals surface area contributed by atoms with Gasteiger partial charge in [-0.1, -0.05) is 32.6 Å². The lowest BCUT2D eigenvalue weighted by molar-refractivity contribution is 0.339. The molecule has 0 aromatic heterocycles. The number of benzene rings is 1. The van der Waals surface area contributed by atoms with Gasteiger partial charge in [0.15, 0.2) is 9.84 Å². The Morgan fingerprint density at radius 1 is 1.10 bits per heavy atom. The van der Waals surface area contributed by atoms with Gasteiger partial charge in [-0.3, -0.25) is 0 Å². The smallest absolute Gasteiger partial charge is 0.180 e. The van der Waals surface area contributed by atoms with E-state index >= 15 is 0 Å². The molecular formula is C15H25NO3S. The standard InChI is InChI=1S/C15H25NO3S/c1-3-5-6-7-8-11-20(17,18)15-12-13(19-4-2)9-10-14(15)16/h9-10,12H,3-8,11,16H2,1-2H3. The Morgan fingerprint density at radius 3 is 2.45 bits per heavy atom. The first-order valence-corrected chi connectivity index (χ1v) is 8.91. The second-order valence-electron chi connectivity index (χ2n) is 4.87. The molecule has 5 heteroatoms. The molecule has 0 atom stereocenters. The van der Waals surface area contributed by atoms with E-state index in [9.17, 15) is 8.42 Å². The van der Waals surface area contributed by atoms with Crippen molar-refractivity contribution in [1.82, 2.24) is 0 Å². The van der Waals surface area contributed by atoms with Gasteiger partial charge in [0.1, 0.15) is 5.75 Å². The number of anilines is 1. The summed E-state index contributed by atoms with van der Waals surface area (Å²) in [6.07, 6.45) is 5.01. The predicted octanol–water partition coefficient (Wildman–Crippen LogP) is 3.41. The van der Waals surface area contributed by atoms with Crippen LogP contribution >= 0.6 is 0 Å². The molecule has 0 bridgehead atoms. The maximum Gasteiger partial charge on any atom is 0.180 e. The van der Waals surface area contributed by atoms with Gasteiger partial charge in [0.05, 0.1) is 22.9 Å². The maximum atomic E-state index is 12.3. The number of hydrogen-bond acceptors (Lipinski definition) is 4. The summed E-state index contributed by atoms with van der Waals surface area (Å²) < 4.78 is 29.9. The molecule has 0 radical (unpaired) electrons. The molecule has 0 heterocycles. The lowest BCUT2D eigenvalue weighted by atomic mass is 10.2. The van der Waals surface area contributed by atoms with Gasteiger partial charge >= 0.3 is 0 Å². The van der Waals surface area contributed by atoms with Crippen LogP contribution in [0.15, 0.2) is 23.1 Å².